The highest BCUT2D eigenvalue weighted by Gasteiger charge is 2.53. The van der Waals surface area contributed by atoms with Crippen LogP contribution in [0.25, 0.3) is 0 Å². The minimum atomic E-state index is -1.68. The summed E-state index contributed by atoms with van der Waals surface area (Å²) in [5.74, 6) is 0. The number of hydrogen-bond donors (Lipinski definition) is 0. The van der Waals surface area contributed by atoms with Gasteiger partial charge in [0.1, 0.15) is 0 Å². The van der Waals surface area contributed by atoms with Crippen LogP contribution in [0, 0.1) is 5.41 Å². The number of rotatable bonds is 4. The van der Waals surface area contributed by atoms with Crippen LogP contribution >= 0.6 is 24.0 Å². The van der Waals surface area contributed by atoms with Gasteiger partial charge in [0.15, 0.2) is 8.32 Å². The minimum Gasteiger partial charge on any atom is -0.478 e. The van der Waals surface area contributed by atoms with E-state index in [1.807, 2.05) is 6.26 Å². The van der Waals surface area contributed by atoms with Gasteiger partial charge in [-0.1, -0.05) is 32.5 Å². The van der Waals surface area contributed by atoms with E-state index in [0.717, 1.165) is 6.61 Å². The van der Waals surface area contributed by atoms with Gasteiger partial charge in [0.05, 0.1) is 12.2 Å². The molecule has 2 nitrogen and oxygen atoms in total. The zero-order chi connectivity index (χ0) is 16.6. The minimum absolute atomic E-state index is 0.158. The van der Waals surface area contributed by atoms with Crippen LogP contribution in [0.15, 0.2) is 0 Å². The van der Waals surface area contributed by atoms with Gasteiger partial charge in [-0.05, 0) is 75.1 Å². The molecule has 0 aromatic carbocycles. The van der Waals surface area contributed by atoms with Crippen molar-refractivity contribution in [2.75, 3.05) is 12.9 Å². The molecule has 0 spiro atoms. The van der Waals surface area contributed by atoms with Crippen LogP contribution in [-0.4, -0.2) is 31.2 Å². The molecular weight excluding hydrogens is 328 g/mol. The largest absolute Gasteiger partial charge is 0.478 e. The predicted octanol–water partition coefficient (Wildman–Crippen LogP) is 5.77. The van der Waals surface area contributed by atoms with Crippen molar-refractivity contribution in [3.8, 4) is 0 Å². The molecule has 0 aromatic heterocycles. The molecule has 0 amide bonds. The van der Waals surface area contributed by atoms with Crippen LogP contribution in [0.5, 0.6) is 0 Å². The quantitative estimate of drug-likeness (QED) is 0.468. The zero-order valence-electron chi connectivity index (χ0n) is 15.1. The maximum absolute atomic E-state index is 6.88. The molecule has 3 aliphatic rings. The summed E-state index contributed by atoms with van der Waals surface area (Å²) in [6.45, 7) is 12.6. The Labute approximate surface area is 147 Å². The van der Waals surface area contributed by atoms with Gasteiger partial charge >= 0.3 is 0 Å². The molecule has 3 fully saturated rings. The molecule has 0 saturated heterocycles. The first-order valence-corrected chi connectivity index (χ1v) is 13.0. The molecule has 3 aliphatic carbocycles. The van der Waals surface area contributed by atoms with Gasteiger partial charge in [0.25, 0.3) is 0 Å². The van der Waals surface area contributed by atoms with Crippen molar-refractivity contribution in [2.45, 2.75) is 83.0 Å². The van der Waals surface area contributed by atoms with Gasteiger partial charge in [-0.3, -0.25) is 0 Å². The third kappa shape index (κ3) is 3.90. The predicted molar refractivity (Wildman–Crippen MR) is 103 cm³/mol. The molecule has 3 rings (SSSR count). The first-order valence-electron chi connectivity index (χ1n) is 8.44. The number of fused-ring (bicyclic) bond motifs is 3. The second-order valence-corrected chi connectivity index (χ2v) is 14.9. The lowest BCUT2D eigenvalue weighted by atomic mass is 9.59. The van der Waals surface area contributed by atoms with E-state index in [4.69, 9.17) is 21.4 Å². The normalized spacial score (nSPS) is 32.1. The second kappa shape index (κ2) is 6.38. The SMILES string of the molecule is CSC(=S)OCC12CCC(O[Si](C)(C)C(C)(C)C)(CC1)CC2. The fourth-order valence-corrected chi connectivity index (χ4v) is 5.49. The number of hydrogen-bond acceptors (Lipinski definition) is 4. The lowest BCUT2D eigenvalue weighted by molar-refractivity contribution is -0.0952. The molecule has 22 heavy (non-hydrogen) atoms. The van der Waals surface area contributed by atoms with E-state index in [2.05, 4.69) is 33.9 Å². The van der Waals surface area contributed by atoms with Crippen molar-refractivity contribution in [1.82, 2.24) is 0 Å². The van der Waals surface area contributed by atoms with Crippen molar-refractivity contribution in [1.29, 1.82) is 0 Å². The molecule has 2 bridgehead atoms. The molecule has 128 valence electrons. The van der Waals surface area contributed by atoms with E-state index in [9.17, 15) is 0 Å². The average Bonchev–Trinajstić information content (AvgIpc) is 2.45. The lowest BCUT2D eigenvalue weighted by Crippen LogP contribution is -2.56. The number of thiocarbonyl (C=S) groups is 1. The van der Waals surface area contributed by atoms with Crippen LogP contribution in [0.3, 0.4) is 0 Å². The molecule has 0 aromatic rings. The summed E-state index contributed by atoms with van der Waals surface area (Å²) in [6.07, 6.45) is 9.30. The van der Waals surface area contributed by atoms with Crippen molar-refractivity contribution in [2.24, 2.45) is 5.41 Å². The van der Waals surface area contributed by atoms with E-state index >= 15 is 0 Å². The van der Waals surface area contributed by atoms with Crippen LogP contribution in [-0.2, 0) is 9.16 Å². The smallest absolute Gasteiger partial charge is 0.219 e. The maximum atomic E-state index is 6.88. The molecule has 0 radical (unpaired) electrons. The van der Waals surface area contributed by atoms with E-state index in [-0.39, 0.29) is 5.60 Å². The molecule has 0 heterocycles. The first kappa shape index (κ1) is 18.8. The fourth-order valence-electron chi connectivity index (χ4n) is 3.56. The van der Waals surface area contributed by atoms with Crippen LogP contribution in [0.4, 0.5) is 0 Å². The van der Waals surface area contributed by atoms with Crippen LogP contribution < -0.4 is 0 Å². The van der Waals surface area contributed by atoms with Crippen molar-refractivity contribution in [3.05, 3.63) is 0 Å². The summed E-state index contributed by atoms with van der Waals surface area (Å²) in [7, 11) is -1.68. The van der Waals surface area contributed by atoms with Gasteiger partial charge in [-0.15, -0.1) is 0 Å². The Morgan fingerprint density at radius 3 is 2.00 bits per heavy atom. The molecule has 3 saturated carbocycles. The van der Waals surface area contributed by atoms with Crippen LogP contribution in [0.1, 0.15) is 59.3 Å². The van der Waals surface area contributed by atoms with E-state index in [1.54, 1.807) is 0 Å². The lowest BCUT2D eigenvalue weighted by Gasteiger charge is -2.56. The van der Waals surface area contributed by atoms with Crippen molar-refractivity contribution >= 4 is 36.7 Å². The van der Waals surface area contributed by atoms with Gasteiger partial charge in [-0.2, -0.15) is 0 Å². The molecule has 0 atom stereocenters. The monoisotopic (exact) mass is 360 g/mol. The summed E-state index contributed by atoms with van der Waals surface area (Å²) < 4.78 is 13.4. The zero-order valence-corrected chi connectivity index (χ0v) is 17.7. The van der Waals surface area contributed by atoms with Crippen molar-refractivity contribution < 1.29 is 9.16 Å². The molecular formula is C17H32O2S2Si. The van der Waals surface area contributed by atoms with Crippen LogP contribution in [0.2, 0.25) is 18.1 Å². The average molecular weight is 361 g/mol. The fraction of sp³-hybridized carbons (Fsp3) is 0.941. The van der Waals surface area contributed by atoms with Gasteiger partial charge in [-0.25, -0.2) is 0 Å². The third-order valence-corrected chi connectivity index (χ3v) is 11.9. The highest BCUT2D eigenvalue weighted by Crippen LogP contribution is 2.56. The second-order valence-electron chi connectivity index (χ2n) is 8.79. The van der Waals surface area contributed by atoms with Gasteiger partial charge in [0, 0.05) is 5.41 Å². The Kier molecular flexibility index (Phi) is 5.44. The highest BCUT2D eigenvalue weighted by atomic mass is 32.2. The van der Waals surface area contributed by atoms with Gasteiger partial charge in [0.2, 0.25) is 4.38 Å². The molecule has 0 unspecified atom stereocenters. The molecule has 0 aliphatic heterocycles. The topological polar surface area (TPSA) is 18.5 Å². The summed E-state index contributed by atoms with van der Waals surface area (Å²) in [6, 6.07) is 0. The number of thioether (sulfide) groups is 1. The first-order chi connectivity index (χ1) is 10.0. The highest BCUT2D eigenvalue weighted by molar-refractivity contribution is 8.22. The summed E-state index contributed by atoms with van der Waals surface area (Å²) in [4.78, 5) is 0. The van der Waals surface area contributed by atoms with Gasteiger partial charge < -0.3 is 9.16 Å². The summed E-state index contributed by atoms with van der Waals surface area (Å²) in [5, 5.41) is 0.293. The Balaban J connectivity index is 1.97. The number of ether oxygens (including phenoxy) is 1. The Morgan fingerprint density at radius 1 is 1.09 bits per heavy atom. The Bertz CT molecular complexity index is 404. The van der Waals surface area contributed by atoms with Crippen molar-refractivity contribution in [3.63, 3.8) is 0 Å². The third-order valence-electron chi connectivity index (χ3n) is 6.27. The Morgan fingerprint density at radius 2 is 1.59 bits per heavy atom. The standard InChI is InChI=1S/C17H32O2S2Si/c1-15(2,3)22(5,6)19-17-10-7-16(8-11-17,9-12-17)13-18-14(20)21-4/h7-13H2,1-6H3. The summed E-state index contributed by atoms with van der Waals surface area (Å²) >= 11 is 6.73. The van der Waals surface area contributed by atoms with E-state index in [1.165, 1.54) is 50.3 Å². The Hall–Kier alpha value is 0.417. The summed E-state index contributed by atoms with van der Waals surface area (Å²) in [5.41, 5.74) is 0.517. The molecule has 5 heteroatoms. The van der Waals surface area contributed by atoms with E-state index in [0.29, 0.717) is 14.8 Å². The molecule has 0 N–H and O–H groups in total. The maximum Gasteiger partial charge on any atom is 0.219 e. The van der Waals surface area contributed by atoms with E-state index < -0.39 is 8.32 Å².